The van der Waals surface area contributed by atoms with Crippen LogP contribution in [0.3, 0.4) is 0 Å². The second-order valence-electron chi connectivity index (χ2n) is 2.58. The summed E-state index contributed by atoms with van der Waals surface area (Å²) in [7, 11) is 1.56. The predicted molar refractivity (Wildman–Crippen MR) is 50.5 cm³/mol. The second kappa shape index (κ2) is 4.40. The molecule has 1 aromatic rings. The Bertz CT molecular complexity index is 331. The topological polar surface area (TPSA) is 39.2 Å². The molecule has 0 fully saturated rings. The van der Waals surface area contributed by atoms with E-state index in [1.165, 1.54) is 13.0 Å². The van der Waals surface area contributed by atoms with Gasteiger partial charge in [0.15, 0.2) is 5.78 Å². The van der Waals surface area contributed by atoms with Gasteiger partial charge in [0.2, 0.25) is 5.88 Å². The first-order chi connectivity index (χ1) is 6.22. The van der Waals surface area contributed by atoms with Crippen LogP contribution in [0.25, 0.3) is 6.08 Å². The highest BCUT2D eigenvalue weighted by atomic mass is 16.5. The third kappa shape index (κ3) is 3.07. The molecular formula is C10H11NO2. The maximum Gasteiger partial charge on any atom is 0.213 e. The molecular weight excluding hydrogens is 166 g/mol. The zero-order chi connectivity index (χ0) is 9.68. The molecule has 0 aliphatic rings. The van der Waals surface area contributed by atoms with Gasteiger partial charge in [0.1, 0.15) is 0 Å². The molecule has 0 bridgehead atoms. The van der Waals surface area contributed by atoms with E-state index in [2.05, 4.69) is 4.98 Å². The summed E-state index contributed by atoms with van der Waals surface area (Å²) in [4.78, 5) is 14.6. The van der Waals surface area contributed by atoms with Crippen molar-refractivity contribution in [1.29, 1.82) is 0 Å². The summed E-state index contributed by atoms with van der Waals surface area (Å²) in [5, 5.41) is 0. The molecule has 0 spiro atoms. The monoisotopic (exact) mass is 177 g/mol. The lowest BCUT2D eigenvalue weighted by molar-refractivity contribution is -0.112. The first-order valence-corrected chi connectivity index (χ1v) is 3.91. The Morgan fingerprint density at radius 1 is 1.62 bits per heavy atom. The van der Waals surface area contributed by atoms with Crippen LogP contribution in [0.2, 0.25) is 0 Å². The normalized spacial score (nSPS) is 10.3. The predicted octanol–water partition coefficient (Wildman–Crippen LogP) is 1.69. The second-order valence-corrected chi connectivity index (χ2v) is 2.58. The summed E-state index contributed by atoms with van der Waals surface area (Å²) in [6, 6.07) is 3.57. The maximum atomic E-state index is 10.6. The molecule has 0 unspecified atom stereocenters. The van der Waals surface area contributed by atoms with Crippen LogP contribution in [0.15, 0.2) is 24.4 Å². The molecule has 1 rings (SSSR count). The van der Waals surface area contributed by atoms with Crippen LogP contribution in [0.1, 0.15) is 12.5 Å². The highest BCUT2D eigenvalue weighted by molar-refractivity contribution is 5.91. The van der Waals surface area contributed by atoms with Crippen molar-refractivity contribution in [2.75, 3.05) is 7.11 Å². The average Bonchev–Trinajstić information content (AvgIpc) is 2.15. The van der Waals surface area contributed by atoms with E-state index in [1.54, 1.807) is 25.4 Å². The van der Waals surface area contributed by atoms with E-state index in [9.17, 15) is 4.79 Å². The fourth-order valence-electron chi connectivity index (χ4n) is 0.854. The number of hydrogen-bond donors (Lipinski definition) is 0. The van der Waals surface area contributed by atoms with Crippen molar-refractivity contribution in [1.82, 2.24) is 4.98 Å². The molecule has 13 heavy (non-hydrogen) atoms. The van der Waals surface area contributed by atoms with Gasteiger partial charge in [-0.2, -0.15) is 0 Å². The van der Waals surface area contributed by atoms with Crippen molar-refractivity contribution in [2.24, 2.45) is 0 Å². The number of pyridine rings is 1. The fraction of sp³-hybridized carbons (Fsp3) is 0.200. The molecule has 3 nitrogen and oxygen atoms in total. The van der Waals surface area contributed by atoms with Gasteiger partial charge in [-0.05, 0) is 24.6 Å². The first kappa shape index (κ1) is 9.45. The number of methoxy groups -OCH3 is 1. The molecule has 0 saturated carbocycles. The summed E-state index contributed by atoms with van der Waals surface area (Å²) in [6.07, 6.45) is 4.87. The lowest BCUT2D eigenvalue weighted by atomic mass is 10.2. The largest absolute Gasteiger partial charge is 0.481 e. The molecule has 0 aromatic carbocycles. The number of rotatable bonds is 3. The summed E-state index contributed by atoms with van der Waals surface area (Å²) in [5.41, 5.74) is 0.905. The third-order valence-corrected chi connectivity index (χ3v) is 1.48. The number of ether oxygens (including phenoxy) is 1. The Balaban J connectivity index is 2.83. The summed E-state index contributed by atoms with van der Waals surface area (Å²) < 4.78 is 4.93. The zero-order valence-corrected chi connectivity index (χ0v) is 7.65. The van der Waals surface area contributed by atoms with Gasteiger partial charge >= 0.3 is 0 Å². The molecule has 0 aliphatic heterocycles. The number of carbonyl (C=O) groups is 1. The van der Waals surface area contributed by atoms with Crippen LogP contribution >= 0.6 is 0 Å². The molecule has 0 amide bonds. The fourth-order valence-corrected chi connectivity index (χ4v) is 0.854. The van der Waals surface area contributed by atoms with Crippen molar-refractivity contribution < 1.29 is 9.53 Å². The molecule has 0 saturated heterocycles. The number of hydrogen-bond acceptors (Lipinski definition) is 3. The van der Waals surface area contributed by atoms with Crippen molar-refractivity contribution in [3.05, 3.63) is 30.0 Å². The minimum absolute atomic E-state index is 0.0239. The van der Waals surface area contributed by atoms with Gasteiger partial charge < -0.3 is 4.74 Å². The Morgan fingerprint density at radius 3 is 3.00 bits per heavy atom. The molecule has 0 N–H and O–H groups in total. The average molecular weight is 177 g/mol. The SMILES string of the molecule is COc1cc(/C=C/C(C)=O)ccn1. The minimum atomic E-state index is 0.0239. The zero-order valence-electron chi connectivity index (χ0n) is 7.65. The summed E-state index contributed by atoms with van der Waals surface area (Å²) in [5.74, 6) is 0.571. The first-order valence-electron chi connectivity index (χ1n) is 3.91. The van der Waals surface area contributed by atoms with Gasteiger partial charge in [0.25, 0.3) is 0 Å². The van der Waals surface area contributed by atoms with Crippen molar-refractivity contribution >= 4 is 11.9 Å². The Kier molecular flexibility index (Phi) is 3.20. The summed E-state index contributed by atoms with van der Waals surface area (Å²) >= 11 is 0. The quantitative estimate of drug-likeness (QED) is 0.659. The number of nitrogens with zero attached hydrogens (tertiary/aromatic N) is 1. The molecule has 3 heteroatoms. The number of aromatic nitrogens is 1. The van der Waals surface area contributed by atoms with Crippen LogP contribution in [0.4, 0.5) is 0 Å². The Morgan fingerprint density at radius 2 is 2.38 bits per heavy atom. The van der Waals surface area contributed by atoms with E-state index in [-0.39, 0.29) is 5.78 Å². The van der Waals surface area contributed by atoms with Gasteiger partial charge in [0, 0.05) is 12.3 Å². The molecule has 1 heterocycles. The molecule has 68 valence electrons. The van der Waals surface area contributed by atoms with E-state index >= 15 is 0 Å². The molecule has 0 aliphatic carbocycles. The van der Waals surface area contributed by atoms with Crippen LogP contribution < -0.4 is 4.74 Å². The Labute approximate surface area is 77.1 Å². The number of ketones is 1. The van der Waals surface area contributed by atoms with Crippen molar-refractivity contribution in [3.8, 4) is 5.88 Å². The van der Waals surface area contributed by atoms with Crippen molar-refractivity contribution in [2.45, 2.75) is 6.92 Å². The van der Waals surface area contributed by atoms with E-state index in [1.807, 2.05) is 6.07 Å². The van der Waals surface area contributed by atoms with E-state index < -0.39 is 0 Å². The lowest BCUT2D eigenvalue weighted by Gasteiger charge is -1.97. The van der Waals surface area contributed by atoms with E-state index in [0.717, 1.165) is 5.56 Å². The van der Waals surface area contributed by atoms with Crippen molar-refractivity contribution in [3.63, 3.8) is 0 Å². The van der Waals surface area contributed by atoms with Gasteiger partial charge in [0.05, 0.1) is 7.11 Å². The van der Waals surface area contributed by atoms with Crippen LogP contribution in [-0.2, 0) is 4.79 Å². The van der Waals surface area contributed by atoms with Crippen LogP contribution in [0.5, 0.6) is 5.88 Å². The maximum absolute atomic E-state index is 10.6. The Hall–Kier alpha value is -1.64. The van der Waals surface area contributed by atoms with Gasteiger partial charge in [-0.15, -0.1) is 0 Å². The minimum Gasteiger partial charge on any atom is -0.481 e. The highest BCUT2D eigenvalue weighted by Gasteiger charge is 1.92. The van der Waals surface area contributed by atoms with Crippen LogP contribution in [0, 0.1) is 0 Å². The number of allylic oxidation sites excluding steroid dienone is 1. The third-order valence-electron chi connectivity index (χ3n) is 1.48. The van der Waals surface area contributed by atoms with Gasteiger partial charge in [-0.1, -0.05) is 6.08 Å². The molecule has 0 atom stereocenters. The molecule has 0 radical (unpaired) electrons. The lowest BCUT2D eigenvalue weighted by Crippen LogP contribution is -1.87. The van der Waals surface area contributed by atoms with E-state index in [4.69, 9.17) is 4.74 Å². The van der Waals surface area contributed by atoms with Gasteiger partial charge in [-0.3, -0.25) is 4.79 Å². The number of carbonyl (C=O) groups excluding carboxylic acids is 1. The van der Waals surface area contributed by atoms with Crippen LogP contribution in [-0.4, -0.2) is 17.9 Å². The highest BCUT2D eigenvalue weighted by Crippen LogP contribution is 2.09. The smallest absolute Gasteiger partial charge is 0.213 e. The summed E-state index contributed by atoms with van der Waals surface area (Å²) in [6.45, 7) is 1.51. The van der Waals surface area contributed by atoms with Gasteiger partial charge in [-0.25, -0.2) is 4.98 Å². The van der Waals surface area contributed by atoms with E-state index in [0.29, 0.717) is 5.88 Å². The standard InChI is InChI=1S/C10H11NO2/c1-8(12)3-4-9-5-6-11-10(7-9)13-2/h3-7H,1-2H3/b4-3+. The molecule has 1 aromatic heterocycles.